The van der Waals surface area contributed by atoms with E-state index < -0.39 is 0 Å². The van der Waals surface area contributed by atoms with Crippen LogP contribution in [-0.4, -0.2) is 23.0 Å². The lowest BCUT2D eigenvalue weighted by Gasteiger charge is -2.26. The van der Waals surface area contributed by atoms with Crippen molar-refractivity contribution in [1.29, 1.82) is 0 Å². The molecule has 0 aliphatic rings. The summed E-state index contributed by atoms with van der Waals surface area (Å²) in [6.07, 6.45) is 11.1. The number of benzene rings is 2. The molecule has 1 N–H and O–H groups in total. The first kappa shape index (κ1) is 27.6. The predicted octanol–water partition coefficient (Wildman–Crippen LogP) is 8.53. The van der Waals surface area contributed by atoms with Gasteiger partial charge in [0, 0.05) is 48.9 Å². The van der Waals surface area contributed by atoms with E-state index in [2.05, 4.69) is 68.4 Å². The van der Waals surface area contributed by atoms with E-state index in [9.17, 15) is 3.89 Å². The quantitative estimate of drug-likeness (QED) is 0.261. The third kappa shape index (κ3) is 6.63. The molecule has 0 unspecified atom stereocenters. The summed E-state index contributed by atoms with van der Waals surface area (Å²) < 4.78 is 14.6. The number of aromatic nitrogens is 1. The van der Waals surface area contributed by atoms with Crippen LogP contribution >= 0.6 is 12.3 Å². The molecule has 1 heterocycles. The molecule has 0 amide bonds. The van der Waals surface area contributed by atoms with Crippen molar-refractivity contribution in [3.05, 3.63) is 144 Å². The summed E-state index contributed by atoms with van der Waals surface area (Å²) in [5.74, 6) is 0.868. The van der Waals surface area contributed by atoms with Crippen LogP contribution in [0.3, 0.4) is 0 Å². The van der Waals surface area contributed by atoms with Crippen LogP contribution in [-0.2, 0) is 0 Å². The molecule has 0 bridgehead atoms. The Balaban J connectivity index is 2.17. The van der Waals surface area contributed by atoms with Crippen molar-refractivity contribution in [3.63, 3.8) is 0 Å². The molecular formula is C32H34FN3S. The largest absolute Gasteiger partial charge is 0.364 e. The van der Waals surface area contributed by atoms with Crippen molar-refractivity contribution in [3.8, 4) is 0 Å². The van der Waals surface area contributed by atoms with E-state index in [0.717, 1.165) is 50.5 Å². The van der Waals surface area contributed by atoms with Crippen molar-refractivity contribution in [2.45, 2.75) is 13.8 Å². The molecule has 0 fully saturated rings. The van der Waals surface area contributed by atoms with E-state index in [1.807, 2.05) is 62.3 Å². The molecule has 0 aliphatic carbocycles. The van der Waals surface area contributed by atoms with E-state index in [1.54, 1.807) is 18.5 Å². The second kappa shape index (κ2) is 12.8. The van der Waals surface area contributed by atoms with E-state index in [0.29, 0.717) is 0 Å². The summed E-state index contributed by atoms with van der Waals surface area (Å²) in [4.78, 5) is 2.03. The normalized spacial score (nSPS) is 12.6. The van der Waals surface area contributed by atoms with Gasteiger partial charge < -0.3 is 10.2 Å². The van der Waals surface area contributed by atoms with Gasteiger partial charge >= 0.3 is 0 Å². The molecule has 5 heteroatoms. The lowest BCUT2D eigenvalue weighted by Crippen LogP contribution is -2.27. The zero-order chi connectivity index (χ0) is 26.9. The molecule has 0 radical (unpaired) electrons. The van der Waals surface area contributed by atoms with Crippen LogP contribution in [0.5, 0.6) is 0 Å². The molecule has 0 saturated heterocycles. The molecule has 3 nitrogen and oxygen atoms in total. The number of rotatable bonds is 11. The first-order valence-electron chi connectivity index (χ1n) is 11.9. The van der Waals surface area contributed by atoms with Crippen molar-refractivity contribution >= 4 is 35.1 Å². The highest BCUT2D eigenvalue weighted by Crippen LogP contribution is 2.34. The Kier molecular flexibility index (Phi) is 9.58. The molecule has 1 aromatic heterocycles. The van der Waals surface area contributed by atoms with Gasteiger partial charge in [0.2, 0.25) is 0 Å². The highest BCUT2D eigenvalue weighted by Gasteiger charge is 2.18. The van der Waals surface area contributed by atoms with Crippen molar-refractivity contribution in [2.24, 2.45) is 0 Å². The first-order chi connectivity index (χ1) is 17.8. The van der Waals surface area contributed by atoms with Crippen LogP contribution in [0.15, 0.2) is 116 Å². The van der Waals surface area contributed by atoms with Gasteiger partial charge in [-0.1, -0.05) is 86.5 Å². The van der Waals surface area contributed by atoms with E-state index >= 15 is 0 Å². The molecule has 190 valence electrons. The summed E-state index contributed by atoms with van der Waals surface area (Å²) in [5, 5.41) is 3.65. The number of halogens is 1. The van der Waals surface area contributed by atoms with E-state index in [1.165, 1.54) is 9.54 Å². The highest BCUT2D eigenvalue weighted by molar-refractivity contribution is 7.92. The second-order valence-corrected chi connectivity index (χ2v) is 9.39. The number of nitrogens with zero attached hydrogens (tertiary/aromatic N) is 2. The Hall–Kier alpha value is -3.96. The van der Waals surface area contributed by atoms with Gasteiger partial charge in [-0.3, -0.25) is 3.97 Å². The molecule has 3 rings (SSSR count). The minimum absolute atomic E-state index is 0.156. The number of nitrogens with one attached hydrogen (secondary N) is 1. The number of hydrogen-bond donors (Lipinski definition) is 1. The monoisotopic (exact) mass is 511 g/mol. The zero-order valence-electron chi connectivity index (χ0n) is 22.0. The number of allylic oxidation sites excluding steroid dienone is 7. The maximum absolute atomic E-state index is 13.2. The fourth-order valence-electron chi connectivity index (χ4n) is 4.09. The van der Waals surface area contributed by atoms with Gasteiger partial charge in [-0.15, -0.1) is 3.89 Å². The van der Waals surface area contributed by atoms with Gasteiger partial charge in [0.25, 0.3) is 0 Å². The molecule has 2 aromatic carbocycles. The third-order valence-corrected chi connectivity index (χ3v) is 6.45. The zero-order valence-corrected chi connectivity index (χ0v) is 22.8. The van der Waals surface area contributed by atoms with Gasteiger partial charge in [-0.05, 0) is 53.8 Å². The van der Waals surface area contributed by atoms with Gasteiger partial charge in [0.1, 0.15) is 5.82 Å². The summed E-state index contributed by atoms with van der Waals surface area (Å²) in [6.45, 7) is 16.4. The van der Waals surface area contributed by atoms with Crippen molar-refractivity contribution in [1.82, 2.24) is 14.2 Å². The fourth-order valence-corrected chi connectivity index (χ4v) is 4.35. The topological polar surface area (TPSA) is 20.2 Å². The van der Waals surface area contributed by atoms with Crippen LogP contribution in [0.2, 0.25) is 0 Å². The average molecular weight is 512 g/mol. The van der Waals surface area contributed by atoms with Crippen LogP contribution < -0.4 is 5.32 Å². The van der Waals surface area contributed by atoms with Gasteiger partial charge in [0.15, 0.2) is 12.3 Å². The summed E-state index contributed by atoms with van der Waals surface area (Å²) in [7, 11) is 3.98. The molecule has 0 atom stereocenters. The van der Waals surface area contributed by atoms with Crippen LogP contribution in [0.1, 0.15) is 34.7 Å². The van der Waals surface area contributed by atoms with Gasteiger partial charge in [-0.2, -0.15) is 0 Å². The van der Waals surface area contributed by atoms with E-state index in [-0.39, 0.29) is 12.3 Å². The molecule has 0 saturated carbocycles. The fraction of sp³-hybridized carbons (Fsp3) is 0.125. The van der Waals surface area contributed by atoms with Gasteiger partial charge in [-0.25, -0.2) is 0 Å². The van der Waals surface area contributed by atoms with Crippen molar-refractivity contribution in [2.75, 3.05) is 14.1 Å². The molecule has 3 aromatic rings. The van der Waals surface area contributed by atoms with Crippen molar-refractivity contribution < 1.29 is 3.89 Å². The molecule has 0 aliphatic heterocycles. The lowest BCUT2D eigenvalue weighted by atomic mass is 9.94. The summed E-state index contributed by atoms with van der Waals surface area (Å²) in [6, 6.07) is 18.3. The average Bonchev–Trinajstić information content (AvgIpc) is 3.39. The Morgan fingerprint density at radius 1 is 1.03 bits per heavy atom. The molecule has 0 spiro atoms. The maximum Gasteiger partial charge on any atom is 0.169 e. The third-order valence-electron chi connectivity index (χ3n) is 6.06. The van der Waals surface area contributed by atoms with Crippen LogP contribution in [0.25, 0.3) is 22.8 Å². The predicted molar refractivity (Wildman–Crippen MR) is 161 cm³/mol. The molecular weight excluding hydrogens is 477 g/mol. The number of aryl methyl sites for hydroxylation is 1. The summed E-state index contributed by atoms with van der Waals surface area (Å²) in [5.41, 5.74) is 8.86. The number of hydrogen-bond acceptors (Lipinski definition) is 3. The summed E-state index contributed by atoms with van der Waals surface area (Å²) >= 11 is 0.156. The van der Waals surface area contributed by atoms with Gasteiger partial charge in [0.05, 0.1) is 0 Å². The molecule has 37 heavy (non-hydrogen) atoms. The highest BCUT2D eigenvalue weighted by atomic mass is 32.2. The standard InChI is InChI=1S/C32H34FN3S/c1-8-10-14-27-21-28(18-17-23(27)3)30(9-2)25(5)34-32(35(6)7)31(26-15-12-11-13-16-26)24(4)29-19-20-36(22-29)37-33/h8-22,34H,1-2,4H2,3,5-7H3/b14-10-,30-25+,32-31+. The second-order valence-electron chi connectivity index (χ2n) is 8.83. The minimum Gasteiger partial charge on any atom is -0.364 e. The van der Waals surface area contributed by atoms with Crippen LogP contribution in [0, 0.1) is 6.92 Å². The Morgan fingerprint density at radius 2 is 1.76 bits per heavy atom. The smallest absolute Gasteiger partial charge is 0.169 e. The Labute approximate surface area is 225 Å². The Bertz CT molecular complexity index is 1370. The van der Waals surface area contributed by atoms with E-state index in [4.69, 9.17) is 0 Å². The van der Waals surface area contributed by atoms with Crippen LogP contribution in [0.4, 0.5) is 3.89 Å². The lowest BCUT2D eigenvalue weighted by molar-refractivity contribution is 0.481. The SMILES string of the molecule is C=C/C=C\c1cc(/C(C=C)=C(\C)N/C(=C(/C(=C)c2ccn(SF)c2)c2ccccc2)N(C)C)ccc1C. The maximum atomic E-state index is 13.2. The Morgan fingerprint density at radius 3 is 2.35 bits per heavy atom. The minimum atomic E-state index is 0.156. The first-order valence-corrected chi connectivity index (χ1v) is 12.6.